The van der Waals surface area contributed by atoms with Gasteiger partial charge in [-0.15, -0.1) is 0 Å². The first kappa shape index (κ1) is 81.4. The Kier molecular flexibility index (Phi) is 71.5. The van der Waals surface area contributed by atoms with E-state index in [0.29, 0.717) is 19.3 Å². The monoisotopic (exact) mass is 1170 g/mol. The summed E-state index contributed by atoms with van der Waals surface area (Å²) < 4.78 is 17.1. The minimum atomic E-state index is -0.764. The third-order valence-electron chi connectivity index (χ3n) is 18.1. The molecule has 0 saturated heterocycles. The van der Waals surface area contributed by atoms with Crippen LogP contribution in [0.15, 0.2) is 0 Å². The zero-order chi connectivity index (χ0) is 59.9. The Hall–Kier alpha value is -1.59. The minimum Gasteiger partial charge on any atom is -0.462 e. The minimum absolute atomic E-state index is 0.0599. The highest BCUT2D eigenvalue weighted by Gasteiger charge is 2.20. The molecule has 0 radical (unpaired) electrons. The van der Waals surface area contributed by atoms with Crippen LogP contribution in [0.2, 0.25) is 0 Å². The van der Waals surface area contributed by atoms with Gasteiger partial charge in [-0.2, -0.15) is 0 Å². The quantitative estimate of drug-likeness (QED) is 0.0343. The van der Waals surface area contributed by atoms with Crippen LogP contribution in [0.25, 0.3) is 0 Å². The van der Waals surface area contributed by atoms with Crippen molar-refractivity contribution in [1.29, 1.82) is 0 Å². The largest absolute Gasteiger partial charge is 0.462 e. The number of carbonyl (C=O) groups excluding carboxylic acids is 3. The first-order valence-electron chi connectivity index (χ1n) is 38.5. The molecule has 6 heteroatoms. The van der Waals surface area contributed by atoms with E-state index < -0.39 is 6.10 Å². The lowest BCUT2D eigenvalue weighted by molar-refractivity contribution is -0.167. The summed E-state index contributed by atoms with van der Waals surface area (Å²) in [5.41, 5.74) is 0. The Balaban J connectivity index is 4.15. The van der Waals surface area contributed by atoms with Gasteiger partial charge in [0.2, 0.25) is 0 Å². The van der Waals surface area contributed by atoms with Crippen LogP contribution in [0.5, 0.6) is 0 Å². The highest BCUT2D eigenvalue weighted by molar-refractivity contribution is 5.71. The van der Waals surface area contributed by atoms with E-state index in [9.17, 15) is 14.4 Å². The van der Waals surface area contributed by atoms with Gasteiger partial charge in [0.15, 0.2) is 6.10 Å². The molecule has 83 heavy (non-hydrogen) atoms. The van der Waals surface area contributed by atoms with Gasteiger partial charge < -0.3 is 14.2 Å². The van der Waals surface area contributed by atoms with E-state index in [-0.39, 0.29) is 31.1 Å². The normalized spacial score (nSPS) is 11.9. The smallest absolute Gasteiger partial charge is 0.306 e. The molecular formula is C77H150O6. The van der Waals surface area contributed by atoms with Gasteiger partial charge in [-0.25, -0.2) is 0 Å². The van der Waals surface area contributed by atoms with Crippen LogP contribution in [-0.2, 0) is 28.6 Å². The maximum Gasteiger partial charge on any atom is 0.306 e. The van der Waals surface area contributed by atoms with Crippen LogP contribution in [0.1, 0.15) is 457 Å². The first-order chi connectivity index (χ1) is 41.0. The predicted octanol–water partition coefficient (Wildman–Crippen LogP) is 26.6. The van der Waals surface area contributed by atoms with E-state index in [4.69, 9.17) is 14.2 Å². The summed E-state index contributed by atoms with van der Waals surface area (Å²) in [6, 6.07) is 0. The van der Waals surface area contributed by atoms with Crippen molar-refractivity contribution in [2.24, 2.45) is 0 Å². The molecule has 0 fully saturated rings. The lowest BCUT2D eigenvalue weighted by Gasteiger charge is -2.18. The van der Waals surface area contributed by atoms with Crippen LogP contribution in [0, 0.1) is 0 Å². The lowest BCUT2D eigenvalue weighted by Crippen LogP contribution is -2.30. The van der Waals surface area contributed by atoms with E-state index in [0.717, 1.165) is 57.8 Å². The SMILES string of the molecule is CCCCCCCCCCCCCCCCCCCCCCCCCCCCCCCCC(=O)OCC(COC(=O)CCCCCCCCCCCCCCCCC)OC(=O)CCCCCCCCCCCCCCCCCCCCCC. The number of ether oxygens (including phenoxy) is 3. The van der Waals surface area contributed by atoms with Crippen molar-refractivity contribution in [1.82, 2.24) is 0 Å². The van der Waals surface area contributed by atoms with Gasteiger partial charge in [0.1, 0.15) is 13.2 Å². The number of unbranched alkanes of at least 4 members (excludes halogenated alkanes) is 62. The zero-order valence-electron chi connectivity index (χ0n) is 57.0. The summed E-state index contributed by atoms with van der Waals surface area (Å²) in [6.07, 6.45) is 87.3. The Labute approximate surface area is 520 Å². The molecule has 1 unspecified atom stereocenters. The number of hydrogen-bond donors (Lipinski definition) is 0. The standard InChI is InChI=1S/C77H150O6/c1-4-7-10-13-16-19-22-25-28-30-32-34-35-36-37-38-39-40-41-42-43-45-46-49-52-55-58-61-64-67-70-76(79)82-73-74(72-81-75(78)69-66-63-60-57-54-51-48-27-24-21-18-15-12-9-6-3)83-77(80)71-68-65-62-59-56-53-50-47-44-33-31-29-26-23-20-17-14-11-8-5-2/h74H,4-73H2,1-3H3. The molecule has 0 N–H and O–H groups in total. The zero-order valence-corrected chi connectivity index (χ0v) is 57.0. The van der Waals surface area contributed by atoms with E-state index in [1.165, 1.54) is 360 Å². The summed E-state index contributed by atoms with van der Waals surface area (Å²) in [6.45, 7) is 6.76. The second kappa shape index (κ2) is 72.9. The number of carbonyl (C=O) groups is 3. The summed E-state index contributed by atoms with van der Waals surface area (Å²) in [5.74, 6) is -0.815. The average Bonchev–Trinajstić information content (AvgIpc) is 3.49. The van der Waals surface area contributed by atoms with Crippen molar-refractivity contribution in [3.8, 4) is 0 Å². The average molecular weight is 1170 g/mol. The highest BCUT2D eigenvalue weighted by Crippen LogP contribution is 2.20. The molecule has 0 bridgehead atoms. The van der Waals surface area contributed by atoms with Crippen LogP contribution >= 0.6 is 0 Å². The third-order valence-corrected chi connectivity index (χ3v) is 18.1. The van der Waals surface area contributed by atoms with Gasteiger partial charge >= 0.3 is 17.9 Å². The topological polar surface area (TPSA) is 78.9 Å². The molecule has 0 aromatic carbocycles. The molecule has 0 aliphatic rings. The number of hydrogen-bond acceptors (Lipinski definition) is 6. The van der Waals surface area contributed by atoms with Crippen molar-refractivity contribution in [3.05, 3.63) is 0 Å². The maximum absolute atomic E-state index is 13.0. The third kappa shape index (κ3) is 71.1. The van der Waals surface area contributed by atoms with Crippen molar-refractivity contribution in [2.75, 3.05) is 13.2 Å². The molecule has 0 rings (SSSR count). The first-order valence-corrected chi connectivity index (χ1v) is 38.5. The Bertz CT molecular complexity index is 1250. The molecule has 6 nitrogen and oxygen atoms in total. The van der Waals surface area contributed by atoms with Crippen LogP contribution in [0.4, 0.5) is 0 Å². The predicted molar refractivity (Wildman–Crippen MR) is 363 cm³/mol. The summed E-state index contributed by atoms with van der Waals surface area (Å²) in [7, 11) is 0. The molecule has 0 saturated carbocycles. The van der Waals surface area contributed by atoms with Gasteiger partial charge in [0.05, 0.1) is 0 Å². The lowest BCUT2D eigenvalue weighted by atomic mass is 10.0. The molecule has 0 aliphatic carbocycles. The van der Waals surface area contributed by atoms with Crippen molar-refractivity contribution < 1.29 is 28.6 Å². The number of rotatable bonds is 73. The van der Waals surface area contributed by atoms with Crippen LogP contribution in [0.3, 0.4) is 0 Å². The molecule has 494 valence electrons. The fraction of sp³-hybridized carbons (Fsp3) is 0.961. The molecule has 0 spiro atoms. The highest BCUT2D eigenvalue weighted by atomic mass is 16.6. The summed E-state index contributed by atoms with van der Waals surface area (Å²) >= 11 is 0. The van der Waals surface area contributed by atoms with E-state index in [2.05, 4.69) is 20.8 Å². The molecule has 0 aliphatic heterocycles. The molecular weight excluding hydrogens is 1020 g/mol. The summed E-state index contributed by atoms with van der Waals surface area (Å²) in [5, 5.41) is 0. The Morgan fingerprint density at radius 2 is 0.325 bits per heavy atom. The second-order valence-corrected chi connectivity index (χ2v) is 26.6. The maximum atomic E-state index is 13.0. The van der Waals surface area contributed by atoms with Gasteiger partial charge in [0, 0.05) is 19.3 Å². The molecule has 0 amide bonds. The van der Waals surface area contributed by atoms with Gasteiger partial charge in [-0.05, 0) is 19.3 Å². The fourth-order valence-corrected chi connectivity index (χ4v) is 12.3. The van der Waals surface area contributed by atoms with E-state index in [1.807, 2.05) is 0 Å². The van der Waals surface area contributed by atoms with Crippen molar-refractivity contribution in [2.45, 2.75) is 463 Å². The molecule has 0 heterocycles. The molecule has 1 atom stereocenters. The summed E-state index contributed by atoms with van der Waals surface area (Å²) in [4.78, 5) is 38.5. The van der Waals surface area contributed by atoms with Crippen LogP contribution < -0.4 is 0 Å². The fourth-order valence-electron chi connectivity index (χ4n) is 12.3. The van der Waals surface area contributed by atoms with E-state index in [1.54, 1.807) is 0 Å². The van der Waals surface area contributed by atoms with Crippen molar-refractivity contribution in [3.63, 3.8) is 0 Å². The van der Waals surface area contributed by atoms with Crippen molar-refractivity contribution >= 4 is 17.9 Å². The van der Waals surface area contributed by atoms with Crippen LogP contribution in [-0.4, -0.2) is 37.2 Å². The van der Waals surface area contributed by atoms with Gasteiger partial charge in [-0.3, -0.25) is 14.4 Å². The van der Waals surface area contributed by atoms with Gasteiger partial charge in [0.25, 0.3) is 0 Å². The van der Waals surface area contributed by atoms with E-state index >= 15 is 0 Å². The Morgan fingerprint density at radius 3 is 0.482 bits per heavy atom. The molecule has 0 aromatic rings. The second-order valence-electron chi connectivity index (χ2n) is 26.6. The Morgan fingerprint density at radius 1 is 0.193 bits per heavy atom. The van der Waals surface area contributed by atoms with Gasteiger partial charge in [-0.1, -0.05) is 419 Å². The molecule has 0 aromatic heterocycles. The number of esters is 3.